The summed E-state index contributed by atoms with van der Waals surface area (Å²) in [7, 11) is 2.12. The van der Waals surface area contributed by atoms with E-state index < -0.39 is 23.1 Å². The Bertz CT molecular complexity index is 1850. The van der Waals surface area contributed by atoms with Crippen LogP contribution >= 0.6 is 0 Å². The number of nitrogens with one attached hydrogen (secondary N) is 2. The summed E-state index contributed by atoms with van der Waals surface area (Å²) in [5.74, 6) is -2.12. The third kappa shape index (κ3) is 7.47. The van der Waals surface area contributed by atoms with E-state index in [-0.39, 0.29) is 11.3 Å². The fourth-order valence-electron chi connectivity index (χ4n) is 5.52. The topological polar surface area (TPSA) is 120 Å². The van der Waals surface area contributed by atoms with Crippen molar-refractivity contribution in [3.05, 3.63) is 101 Å². The summed E-state index contributed by atoms with van der Waals surface area (Å²) in [6.07, 6.45) is 4.72. The van der Waals surface area contributed by atoms with Gasteiger partial charge in [-0.25, -0.2) is 18.7 Å². The molecule has 0 aliphatic carbocycles. The number of hydrogen-bond acceptors (Lipinski definition) is 6. The highest BCUT2D eigenvalue weighted by Gasteiger charge is 2.22. The number of carbonyl (C=O) groups excluding carboxylic acids is 1. The molecule has 0 radical (unpaired) electrons. The van der Waals surface area contributed by atoms with Gasteiger partial charge in [0.05, 0.1) is 16.9 Å². The Labute approximate surface area is 267 Å². The molecule has 5 aromatic rings. The van der Waals surface area contributed by atoms with Crippen LogP contribution in [0.4, 0.5) is 14.5 Å². The Hall–Kier alpha value is -4.51. The average Bonchev–Trinajstić information content (AvgIpc) is 3.45. The van der Waals surface area contributed by atoms with Crippen molar-refractivity contribution in [2.75, 3.05) is 25.5 Å². The van der Waals surface area contributed by atoms with Crippen LogP contribution in [0.15, 0.2) is 67.0 Å². The van der Waals surface area contributed by atoms with Crippen molar-refractivity contribution < 1.29 is 18.7 Å². The normalized spacial score (nSPS) is 11.8. The number of aliphatic hydroxyl groups is 1. The van der Waals surface area contributed by atoms with E-state index in [0.717, 1.165) is 56.2 Å². The highest BCUT2D eigenvalue weighted by Crippen LogP contribution is 2.35. The summed E-state index contributed by atoms with van der Waals surface area (Å²) >= 11 is 0. The zero-order chi connectivity index (χ0) is 33.0. The first kappa shape index (κ1) is 32.9. The lowest BCUT2D eigenvalue weighted by Gasteiger charge is -2.18. The standard InChI is InChI=1S/C36H40F2N6O2/c1-22-28(17-26(37)18-31(22)43-35(45)27-13-12-25(16-30(27)38)36(2,3)46)33-29-19-32(42-34(29)41-21-40-33)24-10-8-23(9-11-24)20-44(4)15-7-5-6-14-39/h8-13,16-19,21,46H,5-7,14-15,20,39H2,1-4H3,(H,43,45)(H,40,41,42). The van der Waals surface area contributed by atoms with Gasteiger partial charge in [0.2, 0.25) is 0 Å². The van der Waals surface area contributed by atoms with Crippen molar-refractivity contribution in [2.24, 2.45) is 5.73 Å². The number of benzene rings is 3. The first-order valence-electron chi connectivity index (χ1n) is 15.4. The zero-order valence-corrected chi connectivity index (χ0v) is 26.6. The fourth-order valence-corrected chi connectivity index (χ4v) is 5.52. The fraction of sp³-hybridized carbons (Fsp3) is 0.306. The third-order valence-corrected chi connectivity index (χ3v) is 8.18. The van der Waals surface area contributed by atoms with Crippen LogP contribution in [0.5, 0.6) is 0 Å². The van der Waals surface area contributed by atoms with Gasteiger partial charge < -0.3 is 26.0 Å². The maximum Gasteiger partial charge on any atom is 0.258 e. The van der Waals surface area contributed by atoms with Gasteiger partial charge >= 0.3 is 0 Å². The summed E-state index contributed by atoms with van der Waals surface area (Å²) in [6.45, 7) is 7.40. The van der Waals surface area contributed by atoms with Gasteiger partial charge in [-0.15, -0.1) is 0 Å². The molecular formula is C36H40F2N6O2. The molecule has 0 spiro atoms. The summed E-state index contributed by atoms with van der Waals surface area (Å²) in [6, 6.07) is 16.7. The van der Waals surface area contributed by atoms with Crippen LogP contribution in [-0.2, 0) is 12.1 Å². The second-order valence-corrected chi connectivity index (χ2v) is 12.3. The van der Waals surface area contributed by atoms with Crippen LogP contribution in [0.2, 0.25) is 0 Å². The number of nitrogens with two attached hydrogens (primary N) is 1. The molecule has 0 saturated heterocycles. The predicted octanol–water partition coefficient (Wildman–Crippen LogP) is 6.92. The van der Waals surface area contributed by atoms with Gasteiger partial charge in [0.15, 0.2) is 0 Å². The lowest BCUT2D eigenvalue weighted by molar-refractivity contribution is 0.0780. The van der Waals surface area contributed by atoms with Crippen LogP contribution in [0.3, 0.4) is 0 Å². The quantitative estimate of drug-likeness (QED) is 0.112. The lowest BCUT2D eigenvalue weighted by atomic mass is 9.96. The molecule has 8 nitrogen and oxygen atoms in total. The molecule has 3 aromatic carbocycles. The van der Waals surface area contributed by atoms with Gasteiger partial charge in [-0.1, -0.05) is 36.8 Å². The van der Waals surface area contributed by atoms with Crippen molar-refractivity contribution >= 4 is 22.6 Å². The summed E-state index contributed by atoms with van der Waals surface area (Å²) in [4.78, 5) is 27.6. The molecule has 46 heavy (non-hydrogen) atoms. The molecule has 0 bridgehead atoms. The molecular weight excluding hydrogens is 586 g/mol. The molecule has 10 heteroatoms. The minimum Gasteiger partial charge on any atom is -0.386 e. The van der Waals surface area contributed by atoms with E-state index in [2.05, 4.69) is 56.5 Å². The molecule has 2 heterocycles. The first-order chi connectivity index (χ1) is 21.9. The molecule has 2 aromatic heterocycles. The second-order valence-electron chi connectivity index (χ2n) is 12.3. The Morgan fingerprint density at radius 2 is 1.78 bits per heavy atom. The number of anilines is 1. The van der Waals surface area contributed by atoms with Crippen LogP contribution in [0.25, 0.3) is 33.5 Å². The molecule has 0 aliphatic heterocycles. The number of fused-ring (bicyclic) bond motifs is 1. The minimum atomic E-state index is -1.27. The number of rotatable bonds is 12. The van der Waals surface area contributed by atoms with Crippen LogP contribution in [0, 0.1) is 18.6 Å². The predicted molar refractivity (Wildman–Crippen MR) is 178 cm³/mol. The molecule has 0 atom stereocenters. The van der Waals surface area contributed by atoms with E-state index >= 15 is 0 Å². The van der Waals surface area contributed by atoms with Gasteiger partial charge in [0.25, 0.3) is 5.91 Å². The molecule has 5 N–H and O–H groups in total. The van der Waals surface area contributed by atoms with E-state index in [9.17, 15) is 18.7 Å². The average molecular weight is 627 g/mol. The largest absolute Gasteiger partial charge is 0.386 e. The van der Waals surface area contributed by atoms with Gasteiger partial charge in [0, 0.05) is 28.9 Å². The number of aromatic nitrogens is 3. The van der Waals surface area contributed by atoms with Crippen molar-refractivity contribution in [1.82, 2.24) is 19.9 Å². The van der Waals surface area contributed by atoms with Crippen molar-refractivity contribution in [2.45, 2.75) is 52.2 Å². The lowest BCUT2D eigenvalue weighted by Crippen LogP contribution is -2.19. The monoisotopic (exact) mass is 626 g/mol. The van der Waals surface area contributed by atoms with Crippen LogP contribution in [-0.4, -0.2) is 51.0 Å². The number of H-pyrrole nitrogens is 1. The zero-order valence-electron chi connectivity index (χ0n) is 26.6. The van der Waals surface area contributed by atoms with Gasteiger partial charge in [-0.05, 0) is 106 Å². The summed E-state index contributed by atoms with van der Waals surface area (Å²) < 4.78 is 29.8. The molecule has 0 aliphatic rings. The van der Waals surface area contributed by atoms with E-state index in [0.29, 0.717) is 33.4 Å². The number of halogens is 2. The smallest absolute Gasteiger partial charge is 0.258 e. The SMILES string of the molecule is Cc1c(NC(=O)c2ccc(C(C)(C)O)cc2F)cc(F)cc1-c1ncnc2[nH]c(-c3ccc(CN(C)CCCCCN)cc3)cc12. The number of aromatic amines is 1. The van der Waals surface area contributed by atoms with Gasteiger partial charge in [0.1, 0.15) is 23.6 Å². The number of unbranched alkanes of at least 4 members (excludes halogenated alkanes) is 2. The number of amides is 1. The number of nitrogens with zero attached hydrogens (tertiary/aromatic N) is 3. The first-order valence-corrected chi connectivity index (χ1v) is 15.4. The van der Waals surface area contributed by atoms with Crippen molar-refractivity contribution in [3.8, 4) is 22.5 Å². The van der Waals surface area contributed by atoms with Gasteiger partial charge in [-0.2, -0.15) is 0 Å². The number of carbonyl (C=O) groups is 1. The maximum absolute atomic E-state index is 15.0. The second kappa shape index (κ2) is 13.9. The Morgan fingerprint density at radius 1 is 1.02 bits per heavy atom. The molecule has 240 valence electrons. The Balaban J connectivity index is 1.39. The Kier molecular flexibility index (Phi) is 9.91. The van der Waals surface area contributed by atoms with Crippen molar-refractivity contribution in [1.29, 1.82) is 0 Å². The summed E-state index contributed by atoms with van der Waals surface area (Å²) in [5.41, 5.74) is 9.75. The molecule has 0 fully saturated rings. The highest BCUT2D eigenvalue weighted by molar-refractivity contribution is 6.06. The van der Waals surface area contributed by atoms with E-state index in [1.165, 1.54) is 50.0 Å². The molecule has 5 rings (SSSR count). The highest BCUT2D eigenvalue weighted by atomic mass is 19.1. The summed E-state index contributed by atoms with van der Waals surface area (Å²) in [5, 5.41) is 13.5. The number of hydrogen-bond donors (Lipinski definition) is 4. The van der Waals surface area contributed by atoms with E-state index in [1.54, 1.807) is 6.92 Å². The van der Waals surface area contributed by atoms with E-state index in [4.69, 9.17) is 5.73 Å². The molecule has 1 amide bonds. The molecule has 0 unspecified atom stereocenters. The van der Waals surface area contributed by atoms with Crippen LogP contribution < -0.4 is 11.1 Å². The van der Waals surface area contributed by atoms with Crippen molar-refractivity contribution in [3.63, 3.8) is 0 Å². The van der Waals surface area contributed by atoms with Gasteiger partial charge in [-0.3, -0.25) is 4.79 Å². The van der Waals surface area contributed by atoms with E-state index in [1.807, 2.05) is 6.07 Å². The third-order valence-electron chi connectivity index (χ3n) is 8.18. The molecule has 0 saturated carbocycles. The maximum atomic E-state index is 15.0. The Morgan fingerprint density at radius 3 is 2.48 bits per heavy atom. The minimum absolute atomic E-state index is 0.188. The van der Waals surface area contributed by atoms with Crippen LogP contribution in [0.1, 0.15) is 60.2 Å².